The summed E-state index contributed by atoms with van der Waals surface area (Å²) in [6, 6.07) is 12.7. The van der Waals surface area contributed by atoms with Crippen LogP contribution in [0.5, 0.6) is 11.5 Å². The number of carboxylic acid groups (broad SMARTS) is 1. The zero-order valence-electron chi connectivity index (χ0n) is 33.9. The van der Waals surface area contributed by atoms with Gasteiger partial charge in [-0.15, -0.1) is 0 Å². The lowest BCUT2D eigenvalue weighted by atomic mass is 9.48. The average Bonchev–Trinajstić information content (AvgIpc) is 3.62. The highest BCUT2D eigenvalue weighted by Gasteiger charge is 2.62. The average molecular weight is 771 g/mol. The van der Waals surface area contributed by atoms with Crippen molar-refractivity contribution in [1.29, 1.82) is 0 Å². The zero-order chi connectivity index (χ0) is 40.3. The summed E-state index contributed by atoms with van der Waals surface area (Å²) < 4.78 is 13.3. The van der Waals surface area contributed by atoms with Crippen LogP contribution in [-0.4, -0.2) is 121 Å². The molecule has 0 radical (unpaired) electrons. The summed E-state index contributed by atoms with van der Waals surface area (Å²) in [6.45, 7) is 7.04. The van der Waals surface area contributed by atoms with Crippen LogP contribution >= 0.6 is 0 Å². The molecule has 3 aromatic rings. The molecule has 302 valence electrons. The second-order valence-corrected chi connectivity index (χ2v) is 16.5. The number of hydrogen-bond acceptors (Lipinski definition) is 8. The summed E-state index contributed by atoms with van der Waals surface area (Å²) in [5, 5.41) is 18.7. The van der Waals surface area contributed by atoms with Gasteiger partial charge in [0.2, 0.25) is 6.41 Å². The third-order valence-corrected chi connectivity index (χ3v) is 12.5. The molecule has 2 aromatic carbocycles. The van der Waals surface area contributed by atoms with Crippen molar-refractivity contribution in [2.75, 3.05) is 61.5 Å². The van der Waals surface area contributed by atoms with E-state index in [2.05, 4.69) is 10.2 Å². The van der Waals surface area contributed by atoms with Crippen LogP contribution in [0.2, 0.25) is 0 Å². The highest BCUT2D eigenvalue weighted by Crippen LogP contribution is 2.58. The number of aliphatic carboxylic acids is 1. The number of nitrogens with zero attached hydrogens (tertiary/aromatic N) is 5. The van der Waals surface area contributed by atoms with Gasteiger partial charge in [-0.2, -0.15) is 5.10 Å². The van der Waals surface area contributed by atoms with Gasteiger partial charge in [-0.25, -0.2) is 9.48 Å². The van der Waals surface area contributed by atoms with E-state index in [1.165, 1.54) is 0 Å². The van der Waals surface area contributed by atoms with E-state index in [0.29, 0.717) is 58.9 Å². The summed E-state index contributed by atoms with van der Waals surface area (Å²) in [5.41, 5.74) is 1.91. The molecule has 0 aliphatic heterocycles. The lowest BCUT2D eigenvalue weighted by Crippen LogP contribution is -2.70. The normalized spacial score (nSPS) is 22.3. The summed E-state index contributed by atoms with van der Waals surface area (Å²) in [7, 11) is 8.76. The van der Waals surface area contributed by atoms with Crippen LogP contribution in [0.3, 0.4) is 0 Å². The fourth-order valence-electron chi connectivity index (χ4n) is 9.74. The standard InChI is InChI=1S/C43H58N6O7/c1-27(2)33-24-30(41(52)48(5)18-10-16-46(3)15-9-17-47(4)26-50)13-14-35(33)49-36(39-37(55-6)11-8-12-38(39)56-7)25-34(45-49)40(51)44-43(42(53)54)31-20-28-19-29(22-31)23-32(43)21-28/h8,11-14,24-29,31-32H,9-10,15-23H2,1-7H3,(H,44,51)(H,53,54). The van der Waals surface area contributed by atoms with E-state index in [-0.39, 0.29) is 29.4 Å². The van der Waals surface area contributed by atoms with Gasteiger partial charge in [0.15, 0.2) is 5.69 Å². The lowest BCUT2D eigenvalue weighted by Gasteiger charge is -2.59. The molecule has 0 saturated heterocycles. The van der Waals surface area contributed by atoms with Crippen molar-refractivity contribution in [2.24, 2.45) is 23.7 Å². The molecule has 4 aliphatic rings. The van der Waals surface area contributed by atoms with Crippen LogP contribution < -0.4 is 14.8 Å². The molecule has 4 bridgehead atoms. The van der Waals surface area contributed by atoms with Crippen LogP contribution in [0, 0.1) is 23.7 Å². The smallest absolute Gasteiger partial charge is 0.330 e. The molecule has 1 aromatic heterocycles. The van der Waals surface area contributed by atoms with E-state index >= 15 is 0 Å². The Morgan fingerprint density at radius 3 is 2.07 bits per heavy atom. The number of carboxylic acids is 1. The number of ether oxygens (including phenoxy) is 2. The van der Waals surface area contributed by atoms with E-state index in [1.54, 1.807) is 47.9 Å². The van der Waals surface area contributed by atoms with Crippen LogP contribution in [0.1, 0.15) is 91.1 Å². The largest absolute Gasteiger partial charge is 0.496 e. The van der Waals surface area contributed by atoms with E-state index in [0.717, 1.165) is 70.0 Å². The van der Waals surface area contributed by atoms with Crippen molar-refractivity contribution < 1.29 is 33.8 Å². The third kappa shape index (κ3) is 8.00. The Hall–Kier alpha value is -4.91. The minimum absolute atomic E-state index is 0.0350. The number of rotatable bonds is 18. The van der Waals surface area contributed by atoms with Crippen LogP contribution in [0.25, 0.3) is 16.9 Å². The maximum absolute atomic E-state index is 14.4. The number of benzene rings is 2. The van der Waals surface area contributed by atoms with Gasteiger partial charge >= 0.3 is 5.97 Å². The van der Waals surface area contributed by atoms with Gasteiger partial charge in [0.25, 0.3) is 11.8 Å². The minimum Gasteiger partial charge on any atom is -0.496 e. The Morgan fingerprint density at radius 1 is 0.911 bits per heavy atom. The van der Waals surface area contributed by atoms with E-state index in [9.17, 15) is 24.3 Å². The molecule has 4 saturated carbocycles. The number of hydrogen-bond donors (Lipinski definition) is 2. The summed E-state index contributed by atoms with van der Waals surface area (Å²) >= 11 is 0. The second kappa shape index (κ2) is 17.1. The van der Waals surface area contributed by atoms with Crippen molar-refractivity contribution in [3.63, 3.8) is 0 Å². The first-order valence-corrected chi connectivity index (χ1v) is 19.9. The van der Waals surface area contributed by atoms with Gasteiger partial charge in [-0.05, 0) is 137 Å². The predicted octanol–water partition coefficient (Wildman–Crippen LogP) is 5.56. The molecule has 0 spiro atoms. The van der Waals surface area contributed by atoms with Crippen LogP contribution in [0.4, 0.5) is 0 Å². The molecule has 56 heavy (non-hydrogen) atoms. The second-order valence-electron chi connectivity index (χ2n) is 16.5. The molecule has 7 rings (SSSR count). The van der Waals surface area contributed by atoms with Crippen LogP contribution in [-0.2, 0) is 9.59 Å². The molecule has 4 fully saturated rings. The molecule has 1 heterocycles. The number of methoxy groups -OCH3 is 2. The van der Waals surface area contributed by atoms with E-state index in [1.807, 2.05) is 58.3 Å². The van der Waals surface area contributed by atoms with Gasteiger partial charge in [0.05, 0.1) is 31.2 Å². The predicted molar refractivity (Wildman–Crippen MR) is 213 cm³/mol. The topological polar surface area (TPSA) is 147 Å². The molecule has 13 heteroatoms. The quantitative estimate of drug-likeness (QED) is 0.159. The fourth-order valence-corrected chi connectivity index (χ4v) is 9.74. The lowest BCUT2D eigenvalue weighted by molar-refractivity contribution is -0.163. The highest BCUT2D eigenvalue weighted by molar-refractivity contribution is 5.98. The van der Waals surface area contributed by atoms with Gasteiger partial charge in [0.1, 0.15) is 17.0 Å². The summed E-state index contributed by atoms with van der Waals surface area (Å²) in [5.74, 6) is 0.199. The van der Waals surface area contributed by atoms with Crippen molar-refractivity contribution >= 4 is 24.2 Å². The number of nitrogens with one attached hydrogen (secondary N) is 1. The maximum atomic E-state index is 14.4. The molecule has 3 amide bonds. The first kappa shape index (κ1) is 40.7. The van der Waals surface area contributed by atoms with E-state index < -0.39 is 17.4 Å². The Balaban J connectivity index is 1.31. The number of amides is 3. The van der Waals surface area contributed by atoms with Gasteiger partial charge in [-0.1, -0.05) is 19.9 Å². The maximum Gasteiger partial charge on any atom is 0.330 e. The van der Waals surface area contributed by atoms with E-state index in [4.69, 9.17) is 14.6 Å². The SMILES string of the molecule is COc1cccc(OC)c1-c1cc(C(=O)NC2(C(=O)O)C3CC4CC(C3)CC2C4)nn1-c1ccc(C(=O)N(C)CCCN(C)CCCN(C)C=O)cc1C(C)C. The monoisotopic (exact) mass is 770 g/mol. The number of carbonyl (C=O) groups excluding carboxylic acids is 3. The fraction of sp³-hybridized carbons (Fsp3) is 0.558. The molecule has 2 N–H and O–H groups in total. The molecular formula is C43H58N6O7. The van der Waals surface area contributed by atoms with Gasteiger partial charge in [-0.3, -0.25) is 14.4 Å². The molecular weight excluding hydrogens is 713 g/mol. The minimum atomic E-state index is -1.34. The first-order chi connectivity index (χ1) is 26.8. The summed E-state index contributed by atoms with van der Waals surface area (Å²) in [6.07, 6.45) is 6.92. The van der Waals surface area contributed by atoms with Crippen molar-refractivity contribution in [3.8, 4) is 28.4 Å². The van der Waals surface area contributed by atoms with Crippen LogP contribution in [0.15, 0.2) is 42.5 Å². The summed E-state index contributed by atoms with van der Waals surface area (Å²) in [4.78, 5) is 57.7. The Kier molecular flexibility index (Phi) is 12.4. The van der Waals surface area contributed by atoms with Gasteiger partial charge in [0, 0.05) is 32.7 Å². The third-order valence-electron chi connectivity index (χ3n) is 12.5. The zero-order valence-corrected chi connectivity index (χ0v) is 33.9. The highest BCUT2D eigenvalue weighted by atomic mass is 16.5. The Bertz CT molecular complexity index is 1870. The molecule has 0 atom stereocenters. The molecule has 4 aliphatic carbocycles. The molecule has 13 nitrogen and oxygen atoms in total. The number of aromatic nitrogens is 2. The first-order valence-electron chi connectivity index (χ1n) is 19.9. The Morgan fingerprint density at radius 2 is 1.52 bits per heavy atom. The van der Waals surface area contributed by atoms with Gasteiger partial charge < -0.3 is 34.6 Å². The molecule has 0 unspecified atom stereocenters. The number of carbonyl (C=O) groups is 4. The van der Waals surface area contributed by atoms with Crippen molar-refractivity contribution in [3.05, 3.63) is 59.3 Å². The van der Waals surface area contributed by atoms with Crippen molar-refractivity contribution in [2.45, 2.75) is 70.3 Å². The Labute approximate surface area is 330 Å². The van der Waals surface area contributed by atoms with Crippen molar-refractivity contribution in [1.82, 2.24) is 29.8 Å².